The molecule has 0 aromatic heterocycles. The van der Waals surface area contributed by atoms with Crippen LogP contribution < -0.4 is 10.2 Å². The van der Waals surface area contributed by atoms with E-state index in [9.17, 15) is 4.79 Å². The number of piperidine rings is 1. The van der Waals surface area contributed by atoms with Gasteiger partial charge in [-0.25, -0.2) is 4.79 Å². The number of carbonyl (C=O) groups excluding carboxylic acids is 1. The second-order valence-corrected chi connectivity index (χ2v) is 11.1. The molecule has 0 unspecified atom stereocenters. The first kappa shape index (κ1) is 25.7. The number of piperazine rings is 1. The number of hydrogen-bond acceptors (Lipinski definition) is 4. The van der Waals surface area contributed by atoms with Crippen molar-refractivity contribution in [2.75, 3.05) is 44.2 Å². The predicted molar refractivity (Wildman–Crippen MR) is 159 cm³/mol. The topological polar surface area (TPSA) is 48.1 Å². The minimum atomic E-state index is -0.206. The normalized spacial score (nSPS) is 19.9. The fourth-order valence-electron chi connectivity index (χ4n) is 6.22. The molecule has 202 valence electrons. The molecule has 1 N–H and O–H groups in total. The average Bonchev–Trinajstić information content (AvgIpc) is 3.27. The van der Waals surface area contributed by atoms with Crippen LogP contribution in [0.5, 0.6) is 0 Å². The Morgan fingerprint density at radius 3 is 2.33 bits per heavy atom. The summed E-state index contributed by atoms with van der Waals surface area (Å²) < 4.78 is 5.72. The summed E-state index contributed by atoms with van der Waals surface area (Å²) in [4.78, 5) is 19.8. The second-order valence-electron chi connectivity index (χ2n) is 10.7. The van der Waals surface area contributed by atoms with E-state index < -0.39 is 0 Å². The Kier molecular flexibility index (Phi) is 7.68. The lowest BCUT2D eigenvalue weighted by atomic mass is 9.96. The highest BCUT2D eigenvalue weighted by atomic mass is 32.1. The van der Waals surface area contributed by atoms with Crippen LogP contribution in [0.3, 0.4) is 0 Å². The third-order valence-electron chi connectivity index (χ3n) is 8.38. The van der Waals surface area contributed by atoms with Crippen LogP contribution in [0.25, 0.3) is 0 Å². The Labute approximate surface area is 236 Å². The van der Waals surface area contributed by atoms with Crippen molar-refractivity contribution in [1.82, 2.24) is 15.1 Å². The summed E-state index contributed by atoms with van der Waals surface area (Å²) in [7, 11) is 0. The predicted octanol–water partition coefficient (Wildman–Crippen LogP) is 5.50. The highest BCUT2D eigenvalue weighted by Gasteiger charge is 2.41. The molecule has 2 fully saturated rings. The third-order valence-corrected chi connectivity index (χ3v) is 8.78. The lowest BCUT2D eigenvalue weighted by Crippen LogP contribution is -2.52. The van der Waals surface area contributed by atoms with E-state index in [1.807, 2.05) is 41.3 Å². The number of benzene rings is 3. The smallest absolute Gasteiger partial charge is 0.410 e. The molecule has 2 atom stereocenters. The molecule has 6 nitrogen and oxygen atoms in total. The van der Waals surface area contributed by atoms with Gasteiger partial charge in [0.15, 0.2) is 5.11 Å². The van der Waals surface area contributed by atoms with Gasteiger partial charge >= 0.3 is 6.09 Å². The monoisotopic (exact) mass is 540 g/mol. The molecule has 2 aliphatic heterocycles. The molecule has 0 spiro atoms. The van der Waals surface area contributed by atoms with Gasteiger partial charge in [-0.2, -0.15) is 0 Å². The van der Waals surface area contributed by atoms with Gasteiger partial charge in [-0.1, -0.05) is 66.7 Å². The van der Waals surface area contributed by atoms with Gasteiger partial charge in [0.2, 0.25) is 0 Å². The summed E-state index contributed by atoms with van der Waals surface area (Å²) in [6.07, 6.45) is 2.75. The Bertz CT molecular complexity index is 1290. The molecule has 3 aromatic rings. The number of anilines is 1. The number of ether oxygens (including phenoxy) is 1. The van der Waals surface area contributed by atoms with Crippen molar-refractivity contribution >= 4 is 29.1 Å². The van der Waals surface area contributed by atoms with E-state index in [0.717, 1.165) is 69.2 Å². The van der Waals surface area contributed by atoms with Crippen LogP contribution in [0.1, 0.15) is 47.1 Å². The fourth-order valence-corrected chi connectivity index (χ4v) is 6.51. The summed E-state index contributed by atoms with van der Waals surface area (Å²) in [5.74, 6) is 0.536. The first-order valence-electron chi connectivity index (χ1n) is 14.1. The molecule has 7 heteroatoms. The van der Waals surface area contributed by atoms with Gasteiger partial charge in [-0.3, -0.25) is 0 Å². The number of amides is 1. The van der Waals surface area contributed by atoms with Crippen LogP contribution in [0.15, 0.2) is 78.9 Å². The molecule has 2 saturated heterocycles. The largest absolute Gasteiger partial charge is 0.445 e. The molecule has 3 aromatic carbocycles. The van der Waals surface area contributed by atoms with Gasteiger partial charge in [0.1, 0.15) is 6.61 Å². The Balaban J connectivity index is 1.04. The Hall–Kier alpha value is -3.58. The maximum atomic E-state index is 13.1. The maximum Gasteiger partial charge on any atom is 0.410 e. The Morgan fingerprint density at radius 1 is 0.872 bits per heavy atom. The molecule has 3 aliphatic rings. The van der Waals surface area contributed by atoms with Gasteiger partial charge in [0.05, 0.1) is 6.04 Å². The number of nitrogens with one attached hydrogen (secondary N) is 1. The molecule has 1 amide bonds. The molecular weight excluding hydrogens is 504 g/mol. The van der Waals surface area contributed by atoms with Crippen LogP contribution in [-0.2, 0) is 17.8 Å². The lowest BCUT2D eigenvalue weighted by molar-refractivity contribution is 0.0694. The number of likely N-dealkylation sites (tertiary alicyclic amines) is 1. The minimum absolute atomic E-state index is 0.102. The van der Waals surface area contributed by atoms with Gasteiger partial charge in [-0.05, 0) is 71.8 Å². The van der Waals surface area contributed by atoms with Crippen molar-refractivity contribution in [1.29, 1.82) is 0 Å². The van der Waals surface area contributed by atoms with E-state index in [0.29, 0.717) is 12.5 Å². The molecule has 6 rings (SSSR count). The van der Waals surface area contributed by atoms with E-state index in [1.54, 1.807) is 0 Å². The number of thiocarbonyl (C=S) groups is 1. The maximum absolute atomic E-state index is 13.1. The summed E-state index contributed by atoms with van der Waals surface area (Å²) >= 11 is 5.70. The van der Waals surface area contributed by atoms with E-state index in [2.05, 4.69) is 57.6 Å². The second kappa shape index (κ2) is 11.7. The lowest BCUT2D eigenvalue weighted by Gasteiger charge is -2.38. The molecular formula is C32H36N4O2S. The standard InChI is InChI=1S/C32H36N4O2S/c37-32(38-23-25-9-5-2-6-10-25)36-16-14-26-21-30(36)29-22-27(11-12-28(26)29)34-17-19-35(20-18-34)31(39)33-15-13-24-7-3-1-4-8-24/h1-12,22,26,30H,13-21,23H2,(H,33,39)/t26-,30-/m1/s1. The van der Waals surface area contributed by atoms with Crippen LogP contribution in [-0.4, -0.2) is 60.3 Å². The first-order valence-corrected chi connectivity index (χ1v) is 14.5. The molecule has 39 heavy (non-hydrogen) atoms. The van der Waals surface area contributed by atoms with Crippen molar-refractivity contribution in [2.45, 2.75) is 37.8 Å². The van der Waals surface area contributed by atoms with Crippen molar-refractivity contribution in [3.05, 3.63) is 101 Å². The first-order chi connectivity index (χ1) is 19.2. The highest BCUT2D eigenvalue weighted by Crippen LogP contribution is 2.50. The SMILES string of the molecule is O=C(OCc1ccccc1)N1CC[C@@H]2C[C@@H]1c1cc(N3CCN(C(=S)NCCc4ccccc4)CC3)ccc12. The van der Waals surface area contributed by atoms with Crippen LogP contribution in [0.4, 0.5) is 10.5 Å². The van der Waals surface area contributed by atoms with Crippen LogP contribution >= 0.6 is 12.2 Å². The molecule has 2 bridgehead atoms. The summed E-state index contributed by atoms with van der Waals surface area (Å²) in [6, 6.07) is 27.4. The average molecular weight is 541 g/mol. The summed E-state index contributed by atoms with van der Waals surface area (Å²) in [6.45, 7) is 5.57. The zero-order valence-electron chi connectivity index (χ0n) is 22.3. The van der Waals surface area contributed by atoms with Crippen molar-refractivity contribution in [2.24, 2.45) is 0 Å². The molecule has 0 radical (unpaired) electrons. The number of rotatable bonds is 6. The van der Waals surface area contributed by atoms with E-state index >= 15 is 0 Å². The minimum Gasteiger partial charge on any atom is -0.445 e. The quantitative estimate of drug-likeness (QED) is 0.417. The van der Waals surface area contributed by atoms with Gasteiger partial charge in [0.25, 0.3) is 0 Å². The van der Waals surface area contributed by atoms with E-state index in [-0.39, 0.29) is 12.1 Å². The number of carbonyl (C=O) groups is 1. The summed E-state index contributed by atoms with van der Waals surface area (Å²) in [5.41, 5.74) is 6.28. The zero-order valence-corrected chi connectivity index (χ0v) is 23.1. The Morgan fingerprint density at radius 2 is 1.59 bits per heavy atom. The number of hydrogen-bond donors (Lipinski definition) is 1. The van der Waals surface area contributed by atoms with Crippen molar-refractivity contribution < 1.29 is 9.53 Å². The van der Waals surface area contributed by atoms with Crippen LogP contribution in [0.2, 0.25) is 0 Å². The molecule has 0 saturated carbocycles. The van der Waals surface area contributed by atoms with E-state index in [4.69, 9.17) is 17.0 Å². The van der Waals surface area contributed by atoms with Gasteiger partial charge < -0.3 is 24.8 Å². The van der Waals surface area contributed by atoms with Crippen molar-refractivity contribution in [3.63, 3.8) is 0 Å². The van der Waals surface area contributed by atoms with Crippen LogP contribution in [0, 0.1) is 0 Å². The van der Waals surface area contributed by atoms with Gasteiger partial charge in [-0.15, -0.1) is 0 Å². The third kappa shape index (κ3) is 5.74. The number of nitrogens with zero attached hydrogens (tertiary/aromatic N) is 3. The number of fused-ring (bicyclic) bond motifs is 5. The molecule has 1 aliphatic carbocycles. The van der Waals surface area contributed by atoms with E-state index in [1.165, 1.54) is 22.4 Å². The summed E-state index contributed by atoms with van der Waals surface area (Å²) in [5, 5.41) is 4.29. The zero-order chi connectivity index (χ0) is 26.6. The van der Waals surface area contributed by atoms with Crippen molar-refractivity contribution in [3.8, 4) is 0 Å². The molecule has 2 heterocycles. The fraction of sp³-hybridized carbons (Fsp3) is 0.375. The highest BCUT2D eigenvalue weighted by molar-refractivity contribution is 7.80. The van der Waals surface area contributed by atoms with Gasteiger partial charge in [0, 0.05) is 45.0 Å².